The molecule has 0 aliphatic heterocycles. The van der Waals surface area contributed by atoms with Crippen LogP contribution in [0.2, 0.25) is 0 Å². The van der Waals surface area contributed by atoms with Crippen LogP contribution in [0.1, 0.15) is 28.9 Å². The molecule has 2 N–H and O–H groups in total. The third kappa shape index (κ3) is 5.76. The maximum atomic E-state index is 12.3. The van der Waals surface area contributed by atoms with E-state index >= 15 is 0 Å². The quantitative estimate of drug-likeness (QED) is 0.485. The van der Waals surface area contributed by atoms with Crippen LogP contribution in [-0.2, 0) is 16.0 Å². The van der Waals surface area contributed by atoms with E-state index in [1.807, 2.05) is 67.9 Å². The number of hydrogen-bond acceptors (Lipinski definition) is 4. The first-order valence-corrected chi connectivity index (χ1v) is 11.1. The highest BCUT2D eigenvalue weighted by Gasteiger charge is 2.15. The molecule has 0 radical (unpaired) electrons. The zero-order valence-electron chi connectivity index (χ0n) is 18.7. The average Bonchev–Trinajstić information content (AvgIpc) is 3.06. The summed E-state index contributed by atoms with van der Waals surface area (Å²) < 4.78 is 8.10. The number of ether oxygens (including phenoxy) is 1. The van der Waals surface area contributed by atoms with Crippen LogP contribution in [0, 0.1) is 20.8 Å². The molecule has 0 atom stereocenters. The van der Waals surface area contributed by atoms with Crippen LogP contribution in [-0.4, -0.2) is 35.2 Å². The van der Waals surface area contributed by atoms with E-state index in [0.29, 0.717) is 6.42 Å². The maximum absolute atomic E-state index is 12.3. The minimum absolute atomic E-state index is 0.0740. The van der Waals surface area contributed by atoms with Crippen molar-refractivity contribution in [1.29, 1.82) is 0 Å². The Morgan fingerprint density at radius 3 is 2.59 bits per heavy atom. The highest BCUT2D eigenvalue weighted by Crippen LogP contribution is 2.22. The van der Waals surface area contributed by atoms with Gasteiger partial charge in [-0.1, -0.05) is 22.0 Å². The second-order valence-electron chi connectivity index (χ2n) is 7.55. The van der Waals surface area contributed by atoms with Crippen molar-refractivity contribution in [2.75, 3.05) is 19.0 Å². The number of amides is 2. The third-order valence-corrected chi connectivity index (χ3v) is 5.74. The smallest absolute Gasteiger partial charge is 0.243 e. The summed E-state index contributed by atoms with van der Waals surface area (Å²) in [5.41, 5.74) is 5.45. The van der Waals surface area contributed by atoms with Crippen LogP contribution in [0.5, 0.6) is 5.75 Å². The molecule has 0 spiro atoms. The lowest BCUT2D eigenvalue weighted by atomic mass is 10.1. The molecule has 0 bridgehead atoms. The number of nitrogens with zero attached hydrogens (tertiary/aromatic N) is 2. The summed E-state index contributed by atoms with van der Waals surface area (Å²) in [6, 6.07) is 13.3. The van der Waals surface area contributed by atoms with E-state index in [0.717, 1.165) is 44.1 Å². The van der Waals surface area contributed by atoms with Crippen LogP contribution in [0.15, 0.2) is 46.9 Å². The average molecular weight is 499 g/mol. The molecule has 2 amide bonds. The van der Waals surface area contributed by atoms with Gasteiger partial charge in [-0.25, -0.2) is 4.68 Å². The van der Waals surface area contributed by atoms with Gasteiger partial charge in [0.25, 0.3) is 0 Å². The Kier molecular flexibility index (Phi) is 7.69. The van der Waals surface area contributed by atoms with Gasteiger partial charge in [0.05, 0.1) is 25.0 Å². The van der Waals surface area contributed by atoms with Crippen molar-refractivity contribution in [1.82, 2.24) is 15.1 Å². The number of nitrogens with one attached hydrogen (secondary N) is 2. The number of rotatable bonds is 8. The molecule has 8 heteroatoms. The zero-order valence-corrected chi connectivity index (χ0v) is 20.2. The van der Waals surface area contributed by atoms with Crippen LogP contribution < -0.4 is 15.4 Å². The second-order valence-corrected chi connectivity index (χ2v) is 8.46. The summed E-state index contributed by atoms with van der Waals surface area (Å²) in [6.07, 6.45) is 0.816. The van der Waals surface area contributed by atoms with Crippen molar-refractivity contribution in [3.8, 4) is 11.4 Å². The van der Waals surface area contributed by atoms with Crippen LogP contribution >= 0.6 is 15.9 Å². The van der Waals surface area contributed by atoms with Gasteiger partial charge in [0, 0.05) is 28.3 Å². The molecule has 3 aromatic rings. The molecule has 0 saturated carbocycles. The standard InChI is InChI=1S/C24H27BrN4O3/c1-15-12-18(25)8-10-22(15)27-24(31)14-26-23(30)11-9-21-16(2)28-29(17(21)3)19-6-5-7-20(13-19)32-4/h5-8,10,12-13H,9,11,14H2,1-4H3,(H,26,30)(H,27,31). The van der Waals surface area contributed by atoms with E-state index in [9.17, 15) is 9.59 Å². The lowest BCUT2D eigenvalue weighted by Crippen LogP contribution is -2.33. The van der Waals surface area contributed by atoms with Gasteiger partial charge in [0.15, 0.2) is 0 Å². The fourth-order valence-corrected chi connectivity index (χ4v) is 3.97. The minimum Gasteiger partial charge on any atom is -0.497 e. The lowest BCUT2D eigenvalue weighted by molar-refractivity contribution is -0.124. The summed E-state index contributed by atoms with van der Waals surface area (Å²) in [5, 5.41) is 10.1. The Morgan fingerprint density at radius 1 is 1.09 bits per heavy atom. The zero-order chi connectivity index (χ0) is 23.3. The summed E-state index contributed by atoms with van der Waals surface area (Å²) in [7, 11) is 1.63. The Balaban J connectivity index is 1.55. The molecule has 0 aliphatic rings. The third-order valence-electron chi connectivity index (χ3n) is 5.25. The first-order valence-electron chi connectivity index (χ1n) is 10.3. The fraction of sp³-hybridized carbons (Fsp3) is 0.292. The van der Waals surface area contributed by atoms with Gasteiger partial charge in [-0.05, 0) is 68.7 Å². The maximum Gasteiger partial charge on any atom is 0.243 e. The molecule has 32 heavy (non-hydrogen) atoms. The number of anilines is 1. The van der Waals surface area contributed by atoms with Crippen molar-refractivity contribution in [3.05, 3.63) is 69.5 Å². The van der Waals surface area contributed by atoms with Crippen molar-refractivity contribution >= 4 is 33.4 Å². The molecule has 3 rings (SSSR count). The SMILES string of the molecule is COc1cccc(-n2nc(C)c(CCC(=O)NCC(=O)Nc3ccc(Br)cc3C)c2C)c1. The molecule has 2 aromatic carbocycles. The van der Waals surface area contributed by atoms with Crippen LogP contribution in [0.4, 0.5) is 5.69 Å². The molecule has 7 nitrogen and oxygen atoms in total. The molecule has 168 valence electrons. The van der Waals surface area contributed by atoms with E-state index < -0.39 is 0 Å². The minimum atomic E-state index is -0.262. The topological polar surface area (TPSA) is 85.2 Å². The number of benzene rings is 2. The number of hydrogen-bond donors (Lipinski definition) is 2. The normalized spacial score (nSPS) is 10.7. The van der Waals surface area contributed by atoms with Gasteiger partial charge in [-0.3, -0.25) is 9.59 Å². The van der Waals surface area contributed by atoms with E-state index in [-0.39, 0.29) is 24.8 Å². The predicted molar refractivity (Wildman–Crippen MR) is 128 cm³/mol. The molecular weight excluding hydrogens is 472 g/mol. The molecular formula is C24H27BrN4O3. The van der Waals surface area contributed by atoms with Crippen molar-refractivity contribution in [2.45, 2.75) is 33.6 Å². The van der Waals surface area contributed by atoms with Crippen molar-refractivity contribution < 1.29 is 14.3 Å². The Hall–Kier alpha value is -3.13. The molecule has 0 aliphatic carbocycles. The number of aromatic nitrogens is 2. The Labute approximate surface area is 196 Å². The summed E-state index contributed by atoms with van der Waals surface area (Å²) in [6.45, 7) is 5.76. The van der Waals surface area contributed by atoms with E-state index in [1.54, 1.807) is 7.11 Å². The Bertz CT molecular complexity index is 1140. The molecule has 0 unspecified atom stereocenters. The fourth-order valence-electron chi connectivity index (χ4n) is 3.50. The van der Waals surface area contributed by atoms with Gasteiger partial charge >= 0.3 is 0 Å². The van der Waals surface area contributed by atoms with Gasteiger partial charge in [-0.15, -0.1) is 0 Å². The number of aryl methyl sites for hydroxylation is 2. The highest BCUT2D eigenvalue weighted by atomic mass is 79.9. The van der Waals surface area contributed by atoms with Gasteiger partial charge < -0.3 is 15.4 Å². The van der Waals surface area contributed by atoms with Gasteiger partial charge in [0.2, 0.25) is 11.8 Å². The molecule has 0 fully saturated rings. The number of carbonyl (C=O) groups is 2. The first kappa shape index (κ1) is 23.5. The molecule has 1 aromatic heterocycles. The molecule has 1 heterocycles. The van der Waals surface area contributed by atoms with Gasteiger partial charge in [-0.2, -0.15) is 5.10 Å². The number of carbonyl (C=O) groups excluding carboxylic acids is 2. The monoisotopic (exact) mass is 498 g/mol. The summed E-state index contributed by atoms with van der Waals surface area (Å²) in [5.74, 6) is 0.315. The van der Waals surface area contributed by atoms with Crippen molar-refractivity contribution in [2.24, 2.45) is 0 Å². The largest absolute Gasteiger partial charge is 0.497 e. The van der Waals surface area contributed by atoms with Crippen molar-refractivity contribution in [3.63, 3.8) is 0 Å². The van der Waals surface area contributed by atoms with Crippen LogP contribution in [0.25, 0.3) is 5.69 Å². The summed E-state index contributed by atoms with van der Waals surface area (Å²) in [4.78, 5) is 24.5. The van der Waals surface area contributed by atoms with Crippen LogP contribution in [0.3, 0.4) is 0 Å². The summed E-state index contributed by atoms with van der Waals surface area (Å²) >= 11 is 3.40. The Morgan fingerprint density at radius 2 is 1.88 bits per heavy atom. The number of halogens is 1. The second kappa shape index (κ2) is 10.5. The predicted octanol–water partition coefficient (Wildman–Crippen LogP) is 4.26. The first-order chi connectivity index (χ1) is 15.3. The van der Waals surface area contributed by atoms with Gasteiger partial charge in [0.1, 0.15) is 5.75 Å². The highest BCUT2D eigenvalue weighted by molar-refractivity contribution is 9.10. The molecule has 0 saturated heterocycles. The van der Waals surface area contributed by atoms with E-state index in [1.165, 1.54) is 0 Å². The number of methoxy groups -OCH3 is 1. The van der Waals surface area contributed by atoms with E-state index in [4.69, 9.17) is 4.74 Å². The van der Waals surface area contributed by atoms with E-state index in [2.05, 4.69) is 31.7 Å². The lowest BCUT2D eigenvalue weighted by Gasteiger charge is -2.10.